The number of hydrogen-bond donors (Lipinski definition) is 2. The first kappa shape index (κ1) is 10.7. The Hall–Kier alpha value is -1.78. The minimum Gasteiger partial charge on any atom is -0.375 e. The largest absolute Gasteiger partial charge is 0.375 e. The van der Waals surface area contributed by atoms with Crippen molar-refractivity contribution < 1.29 is 0 Å². The second-order valence-corrected chi connectivity index (χ2v) is 4.23. The van der Waals surface area contributed by atoms with Crippen molar-refractivity contribution in [2.45, 2.75) is 26.9 Å². The first-order valence-corrected chi connectivity index (χ1v) is 5.48. The second-order valence-electron chi connectivity index (χ2n) is 4.23. The Morgan fingerprint density at radius 2 is 2.38 bits per heavy atom. The molecule has 0 aliphatic heterocycles. The topological polar surface area (TPSA) is 58.5 Å². The average Bonchev–Trinajstić information content (AvgIpc) is 2.84. The Bertz CT molecular complexity index is 415. The zero-order chi connectivity index (χ0) is 11.4. The number of rotatable bonds is 5. The minimum absolute atomic E-state index is 0.609. The Labute approximate surface area is 94.9 Å². The fourth-order valence-corrected chi connectivity index (χ4v) is 1.51. The molecule has 0 amide bonds. The molecule has 0 spiro atoms. The van der Waals surface area contributed by atoms with Crippen LogP contribution in [0.15, 0.2) is 24.8 Å². The van der Waals surface area contributed by atoms with Crippen LogP contribution >= 0.6 is 0 Å². The maximum absolute atomic E-state index is 4.28. The fourth-order valence-electron chi connectivity index (χ4n) is 1.51. The highest BCUT2D eigenvalue weighted by Crippen LogP contribution is 2.07. The molecule has 0 atom stereocenters. The summed E-state index contributed by atoms with van der Waals surface area (Å²) in [5.74, 6) is 1.54. The Balaban J connectivity index is 1.88. The minimum atomic E-state index is 0.609. The highest BCUT2D eigenvalue weighted by atomic mass is 15.3. The fraction of sp³-hybridized carbons (Fsp3) is 0.455. The molecule has 0 fully saturated rings. The van der Waals surface area contributed by atoms with Crippen LogP contribution in [-0.2, 0) is 13.1 Å². The summed E-state index contributed by atoms with van der Waals surface area (Å²) in [5.41, 5.74) is 1.03. The maximum Gasteiger partial charge on any atom is 0.125 e. The number of nitrogens with zero attached hydrogens (tertiary/aromatic N) is 3. The molecule has 0 radical (unpaired) electrons. The first-order valence-electron chi connectivity index (χ1n) is 5.48. The highest BCUT2D eigenvalue weighted by Gasteiger charge is 2.01. The van der Waals surface area contributed by atoms with Gasteiger partial charge in [0.1, 0.15) is 5.82 Å². The van der Waals surface area contributed by atoms with Gasteiger partial charge in [-0.05, 0) is 5.92 Å². The summed E-state index contributed by atoms with van der Waals surface area (Å²) in [5, 5.41) is 7.54. The number of hydrogen-bond acceptors (Lipinski definition) is 3. The lowest BCUT2D eigenvalue weighted by molar-refractivity contribution is 0.483. The van der Waals surface area contributed by atoms with Gasteiger partial charge in [-0.3, -0.25) is 4.68 Å². The van der Waals surface area contributed by atoms with E-state index in [0.717, 1.165) is 18.1 Å². The third-order valence-electron chi connectivity index (χ3n) is 2.20. The number of aromatic amines is 1. The predicted molar refractivity (Wildman–Crippen MR) is 63.0 cm³/mol. The molecule has 5 nitrogen and oxygen atoms in total. The summed E-state index contributed by atoms with van der Waals surface area (Å²) in [6.45, 7) is 6.00. The zero-order valence-electron chi connectivity index (χ0n) is 9.64. The van der Waals surface area contributed by atoms with Gasteiger partial charge in [0.05, 0.1) is 18.4 Å². The van der Waals surface area contributed by atoms with Gasteiger partial charge in [-0.25, -0.2) is 4.98 Å². The summed E-state index contributed by atoms with van der Waals surface area (Å²) < 4.78 is 1.95. The molecule has 0 aliphatic carbocycles. The molecule has 0 saturated carbocycles. The molecule has 86 valence electrons. The first-order chi connectivity index (χ1) is 7.74. The smallest absolute Gasteiger partial charge is 0.125 e. The normalized spacial score (nSPS) is 10.9. The van der Waals surface area contributed by atoms with Crippen molar-refractivity contribution in [3.05, 3.63) is 30.6 Å². The SMILES string of the molecule is CC(C)Cn1cc(NCc2ncc[nH]2)cn1. The van der Waals surface area contributed by atoms with Gasteiger partial charge in [0, 0.05) is 25.1 Å². The van der Waals surface area contributed by atoms with E-state index < -0.39 is 0 Å². The van der Waals surface area contributed by atoms with Crippen LogP contribution in [-0.4, -0.2) is 19.7 Å². The molecule has 0 saturated heterocycles. The summed E-state index contributed by atoms with van der Waals surface area (Å²) in [6, 6.07) is 0. The van der Waals surface area contributed by atoms with Crippen LogP contribution in [0.4, 0.5) is 5.69 Å². The third-order valence-corrected chi connectivity index (χ3v) is 2.20. The maximum atomic E-state index is 4.28. The summed E-state index contributed by atoms with van der Waals surface area (Å²) >= 11 is 0. The molecule has 2 rings (SSSR count). The van der Waals surface area contributed by atoms with E-state index in [4.69, 9.17) is 0 Å². The molecule has 0 bridgehead atoms. The van der Waals surface area contributed by atoms with Crippen molar-refractivity contribution in [1.82, 2.24) is 19.7 Å². The molecular formula is C11H17N5. The van der Waals surface area contributed by atoms with Crippen molar-refractivity contribution in [3.8, 4) is 0 Å². The van der Waals surface area contributed by atoms with Crippen LogP contribution < -0.4 is 5.32 Å². The average molecular weight is 219 g/mol. The Morgan fingerprint density at radius 3 is 3.06 bits per heavy atom. The molecule has 16 heavy (non-hydrogen) atoms. The lowest BCUT2D eigenvalue weighted by Crippen LogP contribution is -2.04. The van der Waals surface area contributed by atoms with Crippen molar-refractivity contribution in [3.63, 3.8) is 0 Å². The number of anilines is 1. The van der Waals surface area contributed by atoms with Crippen LogP contribution in [0.2, 0.25) is 0 Å². The van der Waals surface area contributed by atoms with Crippen molar-refractivity contribution in [2.75, 3.05) is 5.32 Å². The third kappa shape index (κ3) is 2.85. The van der Waals surface area contributed by atoms with Crippen LogP contribution in [0.25, 0.3) is 0 Å². The van der Waals surface area contributed by atoms with E-state index in [1.54, 1.807) is 6.20 Å². The van der Waals surface area contributed by atoms with Gasteiger partial charge < -0.3 is 10.3 Å². The summed E-state index contributed by atoms with van der Waals surface area (Å²) in [6.07, 6.45) is 7.42. The van der Waals surface area contributed by atoms with E-state index in [1.807, 2.05) is 23.3 Å². The predicted octanol–water partition coefficient (Wildman–Crippen LogP) is 1.87. The molecule has 2 aromatic heterocycles. The summed E-state index contributed by atoms with van der Waals surface area (Å²) in [7, 11) is 0. The molecular weight excluding hydrogens is 202 g/mol. The van der Waals surface area contributed by atoms with E-state index in [0.29, 0.717) is 12.5 Å². The standard InChI is InChI=1S/C11H17N5/c1-9(2)7-16-8-10(5-15-16)14-6-11-12-3-4-13-11/h3-5,8-9,14H,6-7H2,1-2H3,(H,12,13). The zero-order valence-corrected chi connectivity index (χ0v) is 9.64. The lowest BCUT2D eigenvalue weighted by Gasteiger charge is -2.03. The summed E-state index contributed by atoms with van der Waals surface area (Å²) in [4.78, 5) is 7.19. The molecule has 0 aromatic carbocycles. The van der Waals surface area contributed by atoms with Gasteiger partial charge in [0.15, 0.2) is 0 Å². The van der Waals surface area contributed by atoms with Gasteiger partial charge in [0.2, 0.25) is 0 Å². The molecule has 2 heterocycles. The molecule has 2 aromatic rings. The Kier molecular flexibility index (Phi) is 3.24. The van der Waals surface area contributed by atoms with Crippen molar-refractivity contribution in [1.29, 1.82) is 0 Å². The van der Waals surface area contributed by atoms with Crippen LogP contribution in [0.3, 0.4) is 0 Å². The van der Waals surface area contributed by atoms with Gasteiger partial charge in [-0.2, -0.15) is 5.10 Å². The van der Waals surface area contributed by atoms with Crippen LogP contribution in [0.1, 0.15) is 19.7 Å². The van der Waals surface area contributed by atoms with Crippen LogP contribution in [0, 0.1) is 5.92 Å². The van der Waals surface area contributed by atoms with E-state index in [-0.39, 0.29) is 0 Å². The number of aromatic nitrogens is 4. The molecule has 0 unspecified atom stereocenters. The lowest BCUT2D eigenvalue weighted by atomic mass is 10.2. The van der Waals surface area contributed by atoms with Crippen LogP contribution in [0.5, 0.6) is 0 Å². The molecule has 5 heteroatoms. The second kappa shape index (κ2) is 4.83. The quantitative estimate of drug-likeness (QED) is 0.807. The molecule has 0 aliphatic rings. The number of nitrogens with one attached hydrogen (secondary N) is 2. The Morgan fingerprint density at radius 1 is 1.50 bits per heavy atom. The number of imidazole rings is 1. The monoisotopic (exact) mass is 219 g/mol. The number of H-pyrrole nitrogens is 1. The van der Waals surface area contributed by atoms with Gasteiger partial charge in [-0.1, -0.05) is 13.8 Å². The highest BCUT2D eigenvalue weighted by molar-refractivity contribution is 5.38. The van der Waals surface area contributed by atoms with E-state index in [9.17, 15) is 0 Å². The van der Waals surface area contributed by atoms with Gasteiger partial charge in [-0.15, -0.1) is 0 Å². The van der Waals surface area contributed by atoms with Gasteiger partial charge >= 0.3 is 0 Å². The van der Waals surface area contributed by atoms with Gasteiger partial charge in [0.25, 0.3) is 0 Å². The van der Waals surface area contributed by atoms with E-state index in [1.165, 1.54) is 0 Å². The van der Waals surface area contributed by atoms with E-state index in [2.05, 4.69) is 34.2 Å². The van der Waals surface area contributed by atoms with Crippen molar-refractivity contribution >= 4 is 5.69 Å². The van der Waals surface area contributed by atoms with E-state index >= 15 is 0 Å². The molecule has 2 N–H and O–H groups in total. The van der Waals surface area contributed by atoms with Crippen molar-refractivity contribution in [2.24, 2.45) is 5.92 Å².